The number of ether oxygens (including phenoxy) is 1. The molecule has 0 aromatic heterocycles. The number of rotatable bonds is 10. The summed E-state index contributed by atoms with van der Waals surface area (Å²) in [4.78, 5) is 33.4. The highest BCUT2D eigenvalue weighted by atomic mass is 19.1. The van der Waals surface area contributed by atoms with Gasteiger partial charge in [0.25, 0.3) is 0 Å². The van der Waals surface area contributed by atoms with Crippen LogP contribution in [0.4, 0.5) is 19.3 Å². The van der Waals surface area contributed by atoms with Crippen LogP contribution >= 0.6 is 0 Å². The summed E-state index contributed by atoms with van der Waals surface area (Å²) in [7, 11) is 1.66. The zero-order valence-electron chi connectivity index (χ0n) is 24.0. The van der Waals surface area contributed by atoms with Crippen molar-refractivity contribution in [3.63, 3.8) is 0 Å². The Kier molecular flexibility index (Phi) is 9.25. The van der Waals surface area contributed by atoms with Crippen LogP contribution in [-0.2, 0) is 9.53 Å². The van der Waals surface area contributed by atoms with Crippen LogP contribution < -0.4 is 5.32 Å². The Labute approximate surface area is 250 Å². The zero-order valence-corrected chi connectivity index (χ0v) is 24.0. The second kappa shape index (κ2) is 13.4. The van der Waals surface area contributed by atoms with Crippen LogP contribution in [0.1, 0.15) is 47.2 Å². The number of aryl methyl sites for hydroxylation is 1. The Morgan fingerprint density at radius 1 is 0.930 bits per heavy atom. The maximum Gasteiger partial charge on any atom is 0.417 e. The van der Waals surface area contributed by atoms with E-state index in [0.29, 0.717) is 24.2 Å². The first kappa shape index (κ1) is 29.6. The van der Waals surface area contributed by atoms with Gasteiger partial charge >= 0.3 is 6.09 Å². The molecule has 220 valence electrons. The molecule has 1 heterocycles. The molecule has 4 aromatic carbocycles. The summed E-state index contributed by atoms with van der Waals surface area (Å²) >= 11 is 0. The Bertz CT molecular complexity index is 1570. The average Bonchev–Trinajstić information content (AvgIpc) is 3.42. The smallest absolute Gasteiger partial charge is 0.417 e. The average molecular weight is 582 g/mol. The minimum atomic E-state index is -0.762. The number of hydrogen-bond acceptors (Lipinski definition) is 5. The lowest BCUT2D eigenvalue weighted by atomic mass is 9.85. The van der Waals surface area contributed by atoms with E-state index in [1.165, 1.54) is 29.2 Å². The molecule has 0 spiro atoms. The van der Waals surface area contributed by atoms with Crippen molar-refractivity contribution in [1.82, 2.24) is 4.90 Å². The van der Waals surface area contributed by atoms with E-state index in [2.05, 4.69) is 10.3 Å². The predicted octanol–water partition coefficient (Wildman–Crippen LogP) is 7.66. The summed E-state index contributed by atoms with van der Waals surface area (Å²) in [6.07, 6.45) is -0.0116. The number of amides is 2. The van der Waals surface area contributed by atoms with Gasteiger partial charge in [0, 0.05) is 18.4 Å². The lowest BCUT2D eigenvalue weighted by molar-refractivity contribution is -0.134. The monoisotopic (exact) mass is 581 g/mol. The molecule has 0 saturated carbocycles. The van der Waals surface area contributed by atoms with E-state index in [0.717, 1.165) is 22.3 Å². The van der Waals surface area contributed by atoms with Gasteiger partial charge in [-0.05, 0) is 72.9 Å². The van der Waals surface area contributed by atoms with Gasteiger partial charge in [0.15, 0.2) is 0 Å². The fraction of sp³-hybridized carbons (Fsp3) is 0.229. The van der Waals surface area contributed by atoms with Gasteiger partial charge in [-0.15, -0.1) is 0 Å². The zero-order chi connectivity index (χ0) is 30.3. The Morgan fingerprint density at radius 3 is 2.19 bits per heavy atom. The molecule has 6 nitrogen and oxygen atoms in total. The summed E-state index contributed by atoms with van der Waals surface area (Å²) in [5, 5.41) is 3.45. The van der Waals surface area contributed by atoms with Gasteiger partial charge in [-0.25, -0.2) is 18.5 Å². The highest BCUT2D eigenvalue weighted by molar-refractivity contribution is 6.01. The Morgan fingerprint density at radius 2 is 1.56 bits per heavy atom. The van der Waals surface area contributed by atoms with Crippen LogP contribution in [0.2, 0.25) is 0 Å². The van der Waals surface area contributed by atoms with Gasteiger partial charge in [-0.2, -0.15) is 0 Å². The van der Waals surface area contributed by atoms with Crippen LogP contribution in [-0.4, -0.2) is 36.3 Å². The number of benzene rings is 4. The van der Waals surface area contributed by atoms with E-state index in [-0.39, 0.29) is 18.2 Å². The van der Waals surface area contributed by atoms with E-state index >= 15 is 0 Å². The molecule has 8 heteroatoms. The molecule has 5 rings (SSSR count). The molecule has 1 fully saturated rings. The molecule has 0 radical (unpaired) electrons. The van der Waals surface area contributed by atoms with Crippen molar-refractivity contribution in [1.29, 1.82) is 0 Å². The summed E-state index contributed by atoms with van der Waals surface area (Å²) in [6.45, 7) is 2.03. The first-order chi connectivity index (χ1) is 20.8. The largest absolute Gasteiger partial charge is 0.446 e. The van der Waals surface area contributed by atoms with Gasteiger partial charge < -0.3 is 10.1 Å². The number of anilines is 1. The number of carbonyl (C=O) groups excluding carboxylic acids is 2. The summed E-state index contributed by atoms with van der Waals surface area (Å²) in [5.41, 5.74) is 4.74. The molecular weight excluding hydrogens is 548 g/mol. The molecule has 1 N–H and O–H groups in total. The third-order valence-electron chi connectivity index (χ3n) is 7.76. The Hall–Kier alpha value is -4.85. The molecular formula is C35H33F2N3O3. The van der Waals surface area contributed by atoms with Crippen LogP contribution in [0.5, 0.6) is 0 Å². The second-order valence-corrected chi connectivity index (χ2v) is 10.6. The van der Waals surface area contributed by atoms with Crippen molar-refractivity contribution in [2.24, 2.45) is 10.9 Å². The van der Waals surface area contributed by atoms with Crippen molar-refractivity contribution in [2.45, 2.75) is 31.8 Å². The van der Waals surface area contributed by atoms with E-state index < -0.39 is 30.0 Å². The molecule has 3 atom stereocenters. The van der Waals surface area contributed by atoms with Crippen molar-refractivity contribution < 1.29 is 23.1 Å². The maximum atomic E-state index is 14.6. The predicted molar refractivity (Wildman–Crippen MR) is 163 cm³/mol. The molecule has 2 amide bonds. The third-order valence-corrected chi connectivity index (χ3v) is 7.76. The van der Waals surface area contributed by atoms with Gasteiger partial charge in [0.1, 0.15) is 24.3 Å². The Balaban J connectivity index is 1.55. The minimum absolute atomic E-state index is 0.0547. The van der Waals surface area contributed by atoms with Crippen molar-refractivity contribution in [3.05, 3.63) is 137 Å². The molecule has 1 saturated heterocycles. The van der Waals surface area contributed by atoms with E-state index in [1.807, 2.05) is 61.5 Å². The number of aliphatic imine (C=N–C) groups is 1. The van der Waals surface area contributed by atoms with Gasteiger partial charge in [0.05, 0.1) is 12.0 Å². The summed E-state index contributed by atoms with van der Waals surface area (Å²) in [5.74, 6) is -1.89. The van der Waals surface area contributed by atoms with Crippen molar-refractivity contribution in [3.8, 4) is 0 Å². The number of cyclic esters (lactones) is 1. The maximum absolute atomic E-state index is 14.6. The van der Waals surface area contributed by atoms with Crippen molar-refractivity contribution >= 4 is 23.4 Å². The number of hydrogen-bond donors (Lipinski definition) is 1. The minimum Gasteiger partial charge on any atom is -0.446 e. The van der Waals surface area contributed by atoms with Gasteiger partial charge in [-0.1, -0.05) is 72.3 Å². The van der Waals surface area contributed by atoms with Crippen LogP contribution in [0.15, 0.2) is 108 Å². The molecule has 43 heavy (non-hydrogen) atoms. The standard InChI is InChI=1S/C35H33F2N3O3/c1-23-8-10-26(11-9-23)33(39-29-18-16-28(37)17-19-29)30(20-21-31(38-2)24-12-14-27(36)15-13-24)34(41)40-32(22-43-35(40)42)25-6-4-3-5-7-25/h3-19,30,32-33,39H,20-22H2,1-2H3/t30?,32-,33?/m1/s1. The summed E-state index contributed by atoms with van der Waals surface area (Å²) < 4.78 is 32.8. The second-order valence-electron chi connectivity index (χ2n) is 10.6. The lowest BCUT2D eigenvalue weighted by Crippen LogP contribution is -2.42. The number of halogens is 2. The molecule has 0 bridgehead atoms. The first-order valence-electron chi connectivity index (χ1n) is 14.2. The number of nitrogens with one attached hydrogen (secondary N) is 1. The lowest BCUT2D eigenvalue weighted by Gasteiger charge is -2.32. The number of carbonyl (C=O) groups is 2. The highest BCUT2D eigenvalue weighted by Gasteiger charge is 2.44. The number of imide groups is 1. The molecule has 1 aliphatic rings. The fourth-order valence-electron chi connectivity index (χ4n) is 5.43. The molecule has 0 aliphatic carbocycles. The van der Waals surface area contributed by atoms with Gasteiger partial charge in [-0.3, -0.25) is 9.79 Å². The van der Waals surface area contributed by atoms with Crippen LogP contribution in [0.3, 0.4) is 0 Å². The molecule has 2 unspecified atom stereocenters. The normalized spacial score (nSPS) is 16.5. The van der Waals surface area contributed by atoms with Crippen molar-refractivity contribution in [2.75, 3.05) is 19.0 Å². The van der Waals surface area contributed by atoms with E-state index in [9.17, 15) is 18.4 Å². The third kappa shape index (κ3) is 6.97. The van der Waals surface area contributed by atoms with Crippen LogP contribution in [0.25, 0.3) is 0 Å². The molecule has 1 aliphatic heterocycles. The highest BCUT2D eigenvalue weighted by Crippen LogP contribution is 2.37. The SMILES string of the molecule is CN=C(CCC(C(=O)N1C(=O)OC[C@@H]1c1ccccc1)C(Nc1ccc(F)cc1)c1ccc(C)cc1)c1ccc(F)cc1. The fourth-order valence-corrected chi connectivity index (χ4v) is 5.43. The van der Waals surface area contributed by atoms with Crippen LogP contribution in [0, 0.1) is 24.5 Å². The topological polar surface area (TPSA) is 71.0 Å². The van der Waals surface area contributed by atoms with E-state index in [1.54, 1.807) is 31.3 Å². The summed E-state index contributed by atoms with van der Waals surface area (Å²) in [6, 6.07) is 28.0. The number of nitrogens with zero attached hydrogens (tertiary/aromatic N) is 2. The first-order valence-corrected chi connectivity index (χ1v) is 14.2. The van der Waals surface area contributed by atoms with E-state index in [4.69, 9.17) is 4.74 Å². The quantitative estimate of drug-likeness (QED) is 0.195. The van der Waals surface area contributed by atoms with Gasteiger partial charge in [0.2, 0.25) is 5.91 Å². The molecule has 4 aromatic rings.